The molecule has 0 amide bonds. The molecule has 1 saturated carbocycles. The first-order chi connectivity index (χ1) is 7.97. The zero-order valence-corrected chi connectivity index (χ0v) is 10.2. The second-order valence-corrected chi connectivity index (χ2v) is 5.37. The fraction of sp³-hybridized carbons (Fsp3) is 0.800. The van der Waals surface area contributed by atoms with Crippen LogP contribution in [0.1, 0.15) is 37.6 Å². The standard InChI is InChI=1S/C10H14F3N3S/c1-6(7-4-2-3-5-7)14-9-16-15-8(17-9)10(11,12)13/h6-7H,2-5H2,1H3,(H,14,16). The molecule has 0 radical (unpaired) electrons. The van der Waals surface area contributed by atoms with Crippen molar-refractivity contribution in [2.24, 2.45) is 5.92 Å². The summed E-state index contributed by atoms with van der Waals surface area (Å²) in [4.78, 5) is 0. The second kappa shape index (κ2) is 4.80. The average molecular weight is 265 g/mol. The molecule has 0 aromatic carbocycles. The van der Waals surface area contributed by atoms with Crippen molar-refractivity contribution in [3.05, 3.63) is 5.01 Å². The number of alkyl halides is 3. The van der Waals surface area contributed by atoms with Crippen LogP contribution in [0.3, 0.4) is 0 Å². The summed E-state index contributed by atoms with van der Waals surface area (Å²) in [6.45, 7) is 1.99. The second-order valence-electron chi connectivity index (χ2n) is 4.39. The Kier molecular flexibility index (Phi) is 3.56. The van der Waals surface area contributed by atoms with Crippen molar-refractivity contribution < 1.29 is 13.2 Å². The van der Waals surface area contributed by atoms with Gasteiger partial charge in [-0.15, -0.1) is 10.2 Å². The van der Waals surface area contributed by atoms with Crippen molar-refractivity contribution in [1.29, 1.82) is 0 Å². The highest BCUT2D eigenvalue weighted by Gasteiger charge is 2.36. The summed E-state index contributed by atoms with van der Waals surface area (Å²) in [5, 5.41) is 9.07. The molecule has 1 aliphatic carbocycles. The fourth-order valence-corrected chi connectivity index (χ4v) is 2.87. The average Bonchev–Trinajstić information content (AvgIpc) is 2.85. The van der Waals surface area contributed by atoms with Gasteiger partial charge in [0, 0.05) is 6.04 Å². The molecular weight excluding hydrogens is 251 g/mol. The third-order valence-corrected chi connectivity index (χ3v) is 4.02. The zero-order chi connectivity index (χ0) is 12.5. The number of hydrogen-bond donors (Lipinski definition) is 1. The van der Waals surface area contributed by atoms with Crippen molar-refractivity contribution in [1.82, 2.24) is 10.2 Å². The summed E-state index contributed by atoms with van der Waals surface area (Å²) in [5.41, 5.74) is 0. The van der Waals surface area contributed by atoms with Crippen LogP contribution in [-0.2, 0) is 6.18 Å². The van der Waals surface area contributed by atoms with E-state index >= 15 is 0 Å². The highest BCUT2D eigenvalue weighted by Crippen LogP contribution is 2.34. The lowest BCUT2D eigenvalue weighted by atomic mass is 10.0. The van der Waals surface area contributed by atoms with Crippen molar-refractivity contribution in [2.75, 3.05) is 5.32 Å². The summed E-state index contributed by atoms with van der Waals surface area (Å²) in [5.74, 6) is 0.535. The molecule has 1 unspecified atom stereocenters. The van der Waals surface area contributed by atoms with Crippen molar-refractivity contribution in [3.8, 4) is 0 Å². The number of nitrogens with zero attached hydrogens (tertiary/aromatic N) is 2. The summed E-state index contributed by atoms with van der Waals surface area (Å²) >= 11 is 0.569. The molecule has 1 aromatic heterocycles. The van der Waals surface area contributed by atoms with E-state index in [0.717, 1.165) is 12.8 Å². The van der Waals surface area contributed by atoms with Gasteiger partial charge >= 0.3 is 6.18 Å². The van der Waals surface area contributed by atoms with E-state index < -0.39 is 11.2 Å². The molecule has 17 heavy (non-hydrogen) atoms. The van der Waals surface area contributed by atoms with Gasteiger partial charge in [-0.3, -0.25) is 0 Å². The lowest BCUT2D eigenvalue weighted by Gasteiger charge is -2.19. The van der Waals surface area contributed by atoms with E-state index in [-0.39, 0.29) is 11.2 Å². The lowest BCUT2D eigenvalue weighted by molar-refractivity contribution is -0.138. The molecule has 0 spiro atoms. The van der Waals surface area contributed by atoms with Crippen LogP contribution in [0.2, 0.25) is 0 Å². The van der Waals surface area contributed by atoms with Gasteiger partial charge < -0.3 is 5.32 Å². The first kappa shape index (κ1) is 12.6. The van der Waals surface area contributed by atoms with Gasteiger partial charge in [0.1, 0.15) is 0 Å². The Bertz CT molecular complexity index is 371. The van der Waals surface area contributed by atoms with Crippen LogP contribution < -0.4 is 5.32 Å². The van der Waals surface area contributed by atoms with Crippen LogP contribution in [0.15, 0.2) is 0 Å². The molecule has 1 fully saturated rings. The van der Waals surface area contributed by atoms with Crippen LogP contribution in [0.5, 0.6) is 0 Å². The van der Waals surface area contributed by atoms with Gasteiger partial charge in [0.15, 0.2) is 0 Å². The number of nitrogens with one attached hydrogen (secondary N) is 1. The Labute approximate surface area is 101 Å². The van der Waals surface area contributed by atoms with Crippen LogP contribution in [0, 0.1) is 5.92 Å². The Morgan fingerprint density at radius 1 is 1.29 bits per heavy atom. The minimum atomic E-state index is -4.39. The predicted molar refractivity (Wildman–Crippen MR) is 60.0 cm³/mol. The van der Waals surface area contributed by atoms with Crippen LogP contribution >= 0.6 is 11.3 Å². The van der Waals surface area contributed by atoms with Crippen molar-refractivity contribution in [3.63, 3.8) is 0 Å². The molecule has 0 bridgehead atoms. The number of rotatable bonds is 3. The van der Waals surface area contributed by atoms with E-state index in [0.29, 0.717) is 17.3 Å². The molecule has 3 nitrogen and oxygen atoms in total. The largest absolute Gasteiger partial charge is 0.445 e. The molecule has 1 heterocycles. The minimum absolute atomic E-state index is 0.159. The van der Waals surface area contributed by atoms with Gasteiger partial charge in [0.2, 0.25) is 10.1 Å². The molecule has 2 rings (SSSR count). The van der Waals surface area contributed by atoms with Gasteiger partial charge in [0.25, 0.3) is 0 Å². The number of aromatic nitrogens is 2. The minimum Gasteiger partial charge on any atom is -0.357 e. The molecule has 1 aliphatic rings. The number of halogens is 3. The third kappa shape index (κ3) is 3.08. The van der Waals surface area contributed by atoms with E-state index in [1.807, 2.05) is 6.92 Å². The maximum atomic E-state index is 12.3. The number of hydrogen-bond acceptors (Lipinski definition) is 4. The van der Waals surface area contributed by atoms with Gasteiger partial charge in [0.05, 0.1) is 0 Å². The Morgan fingerprint density at radius 2 is 1.94 bits per heavy atom. The Balaban J connectivity index is 1.96. The molecule has 1 atom stereocenters. The summed E-state index contributed by atoms with van der Waals surface area (Å²) in [6.07, 6.45) is 0.299. The fourth-order valence-electron chi connectivity index (χ4n) is 2.17. The Hall–Kier alpha value is -0.850. The maximum absolute atomic E-state index is 12.3. The quantitative estimate of drug-likeness (QED) is 0.908. The van der Waals surface area contributed by atoms with Gasteiger partial charge in [-0.1, -0.05) is 24.2 Å². The molecule has 1 aromatic rings. The highest BCUT2D eigenvalue weighted by molar-refractivity contribution is 7.15. The van der Waals surface area contributed by atoms with Crippen LogP contribution in [-0.4, -0.2) is 16.2 Å². The monoisotopic (exact) mass is 265 g/mol. The first-order valence-corrected chi connectivity index (χ1v) is 6.45. The van der Waals surface area contributed by atoms with Crippen LogP contribution in [0.4, 0.5) is 18.3 Å². The smallest absolute Gasteiger partial charge is 0.357 e. The zero-order valence-electron chi connectivity index (χ0n) is 9.42. The lowest BCUT2D eigenvalue weighted by Crippen LogP contribution is -2.23. The topological polar surface area (TPSA) is 37.8 Å². The predicted octanol–water partition coefficient (Wildman–Crippen LogP) is 3.55. The molecular formula is C10H14F3N3S. The van der Waals surface area contributed by atoms with Gasteiger partial charge in [-0.2, -0.15) is 13.2 Å². The first-order valence-electron chi connectivity index (χ1n) is 5.64. The van der Waals surface area contributed by atoms with Gasteiger partial charge in [-0.25, -0.2) is 0 Å². The van der Waals surface area contributed by atoms with Crippen molar-refractivity contribution >= 4 is 16.5 Å². The summed E-state index contributed by atoms with van der Waals surface area (Å²) in [6, 6.07) is 0.159. The third-order valence-electron chi connectivity index (χ3n) is 3.13. The Morgan fingerprint density at radius 3 is 2.47 bits per heavy atom. The van der Waals surface area contributed by atoms with E-state index in [1.54, 1.807) is 0 Å². The normalized spacial score (nSPS) is 19.5. The molecule has 0 aliphatic heterocycles. The SMILES string of the molecule is CC(Nc1nnc(C(F)(F)F)s1)C1CCCC1. The molecule has 96 valence electrons. The molecule has 1 N–H and O–H groups in total. The van der Waals surface area contributed by atoms with Gasteiger partial charge in [-0.05, 0) is 25.7 Å². The van der Waals surface area contributed by atoms with E-state index in [1.165, 1.54) is 12.8 Å². The summed E-state index contributed by atoms with van der Waals surface area (Å²) in [7, 11) is 0. The van der Waals surface area contributed by atoms with E-state index in [9.17, 15) is 13.2 Å². The van der Waals surface area contributed by atoms with E-state index in [2.05, 4.69) is 15.5 Å². The maximum Gasteiger partial charge on any atom is 0.445 e. The van der Waals surface area contributed by atoms with E-state index in [4.69, 9.17) is 0 Å². The number of anilines is 1. The highest BCUT2D eigenvalue weighted by atomic mass is 32.1. The molecule has 7 heteroatoms. The molecule has 0 saturated heterocycles. The van der Waals surface area contributed by atoms with Crippen LogP contribution in [0.25, 0.3) is 0 Å². The summed E-state index contributed by atoms with van der Waals surface area (Å²) < 4.78 is 37.0. The van der Waals surface area contributed by atoms with Crippen molar-refractivity contribution in [2.45, 2.75) is 44.8 Å².